The Hall–Kier alpha value is -1.82. The number of benzene rings is 1. The van der Waals surface area contributed by atoms with Gasteiger partial charge >= 0.3 is 6.18 Å². The molecule has 25 heavy (non-hydrogen) atoms. The Labute approximate surface area is 150 Å². The molecule has 0 aliphatic carbocycles. The van der Waals surface area contributed by atoms with E-state index < -0.39 is 39.3 Å². The molecule has 1 aromatic heterocycles. The number of hydrogen-bond donors (Lipinski definition) is 3. The summed E-state index contributed by atoms with van der Waals surface area (Å²) < 4.78 is 65.0. The van der Waals surface area contributed by atoms with Crippen molar-refractivity contribution in [2.24, 2.45) is 0 Å². The number of hydrogen-bond acceptors (Lipinski definition) is 6. The van der Waals surface area contributed by atoms with E-state index in [1.807, 2.05) is 0 Å². The second-order valence-corrected chi connectivity index (χ2v) is 6.77. The molecule has 0 fully saturated rings. The third-order valence-electron chi connectivity index (χ3n) is 2.44. The molecule has 0 bridgehead atoms. The lowest BCUT2D eigenvalue weighted by Crippen LogP contribution is -2.15. The molecule has 138 valence electrons. The highest BCUT2D eigenvalue weighted by atomic mass is 35.5. The van der Waals surface area contributed by atoms with Crippen LogP contribution in [0.5, 0.6) is 0 Å². The van der Waals surface area contributed by atoms with Crippen LogP contribution in [-0.4, -0.2) is 29.2 Å². The largest absolute Gasteiger partial charge is 0.434 e. The predicted octanol–water partition coefficient (Wildman–Crippen LogP) is 3.14. The maximum absolute atomic E-state index is 13.0. The zero-order valence-electron chi connectivity index (χ0n) is 12.3. The molecule has 0 unspecified atom stereocenters. The van der Waals surface area contributed by atoms with Crippen molar-refractivity contribution in [2.45, 2.75) is 6.18 Å². The highest BCUT2D eigenvalue weighted by molar-refractivity contribution is 7.85. The first-order valence-corrected chi connectivity index (χ1v) is 8.69. The van der Waals surface area contributed by atoms with Crippen LogP contribution in [0.15, 0.2) is 18.2 Å². The highest BCUT2D eigenvalue weighted by Gasteiger charge is 2.38. The fourth-order valence-electron chi connectivity index (χ4n) is 1.66. The Bertz CT molecular complexity index is 884. The van der Waals surface area contributed by atoms with Crippen LogP contribution in [0.25, 0.3) is 11.1 Å². The van der Waals surface area contributed by atoms with Crippen LogP contribution >= 0.6 is 23.2 Å². The Morgan fingerprint density at radius 3 is 2.16 bits per heavy atom. The van der Waals surface area contributed by atoms with Gasteiger partial charge in [-0.3, -0.25) is 4.55 Å². The molecule has 2 rings (SSSR count). The van der Waals surface area contributed by atoms with Gasteiger partial charge in [0.15, 0.2) is 5.69 Å². The quantitative estimate of drug-likeness (QED) is 0.605. The Kier molecular flexibility index (Phi) is 6.45. The molecule has 13 heteroatoms. The highest BCUT2D eigenvalue weighted by Crippen LogP contribution is 2.42. The van der Waals surface area contributed by atoms with Crippen molar-refractivity contribution in [1.29, 1.82) is 0 Å². The topological polar surface area (TPSA) is 132 Å². The van der Waals surface area contributed by atoms with Crippen LogP contribution in [0.3, 0.4) is 0 Å². The van der Waals surface area contributed by atoms with E-state index in [1.54, 1.807) is 0 Å². The summed E-state index contributed by atoms with van der Waals surface area (Å²) in [7, 11) is -3.67. The number of nitrogens with zero attached hydrogens (tertiary/aromatic N) is 2. The van der Waals surface area contributed by atoms with Crippen LogP contribution in [0.1, 0.15) is 5.69 Å². The average Bonchev–Trinajstić information content (AvgIpc) is 2.39. The Morgan fingerprint density at radius 1 is 1.16 bits per heavy atom. The minimum absolute atomic E-state index is 0.0102. The van der Waals surface area contributed by atoms with Gasteiger partial charge in [0.2, 0.25) is 5.95 Å². The Morgan fingerprint density at radius 2 is 1.68 bits per heavy atom. The summed E-state index contributed by atoms with van der Waals surface area (Å²) in [6, 6.07) is 4.23. The summed E-state index contributed by atoms with van der Waals surface area (Å²) in [5.74, 6) is -0.995. The Balaban J connectivity index is 0.000000550. The fraction of sp³-hybridized carbons (Fsp3) is 0.167. The fourth-order valence-corrected chi connectivity index (χ4v) is 2.06. The van der Waals surface area contributed by atoms with Gasteiger partial charge in [-0.2, -0.15) is 26.6 Å². The number of nitrogen functional groups attached to an aromatic ring is 2. The lowest BCUT2D eigenvalue weighted by molar-refractivity contribution is -0.140. The molecule has 1 heterocycles. The van der Waals surface area contributed by atoms with Gasteiger partial charge in [-0.25, -0.2) is 4.98 Å². The number of nitrogens with two attached hydrogens (primary N) is 2. The van der Waals surface area contributed by atoms with Gasteiger partial charge in [-0.15, -0.1) is 0 Å². The van der Waals surface area contributed by atoms with E-state index in [4.69, 9.17) is 39.2 Å². The first-order chi connectivity index (χ1) is 11.2. The van der Waals surface area contributed by atoms with Crippen molar-refractivity contribution in [2.75, 3.05) is 17.7 Å². The summed E-state index contributed by atoms with van der Waals surface area (Å²) in [5, 5.41) is 0.0215. The van der Waals surface area contributed by atoms with Gasteiger partial charge in [-0.1, -0.05) is 35.3 Å². The zero-order valence-corrected chi connectivity index (χ0v) is 14.7. The molecule has 7 nitrogen and oxygen atoms in total. The van der Waals surface area contributed by atoms with E-state index in [2.05, 4.69) is 9.97 Å². The third-order valence-corrected chi connectivity index (χ3v) is 3.26. The number of anilines is 2. The second-order valence-electron chi connectivity index (χ2n) is 4.52. The van der Waals surface area contributed by atoms with Crippen molar-refractivity contribution < 1.29 is 26.1 Å². The summed E-state index contributed by atoms with van der Waals surface area (Å²) in [6.07, 6.45) is -4.04. The molecule has 1 aromatic carbocycles. The molecule has 2 aromatic rings. The lowest BCUT2D eigenvalue weighted by Gasteiger charge is -2.15. The number of aromatic nitrogens is 2. The zero-order chi connectivity index (χ0) is 19.6. The summed E-state index contributed by atoms with van der Waals surface area (Å²) in [6.45, 7) is 0. The van der Waals surface area contributed by atoms with Crippen LogP contribution in [-0.2, 0) is 16.3 Å². The number of rotatable bonds is 1. The van der Waals surface area contributed by atoms with E-state index in [9.17, 15) is 21.6 Å². The lowest BCUT2D eigenvalue weighted by atomic mass is 10.0. The first kappa shape index (κ1) is 21.2. The van der Waals surface area contributed by atoms with Crippen LogP contribution in [0.2, 0.25) is 10.0 Å². The van der Waals surface area contributed by atoms with E-state index in [0.29, 0.717) is 6.26 Å². The molecule has 0 saturated heterocycles. The van der Waals surface area contributed by atoms with Crippen molar-refractivity contribution >= 4 is 45.1 Å². The van der Waals surface area contributed by atoms with Gasteiger partial charge in [0, 0.05) is 5.56 Å². The molecule has 0 amide bonds. The normalized spacial score (nSPS) is 11.6. The van der Waals surface area contributed by atoms with Gasteiger partial charge < -0.3 is 11.5 Å². The van der Waals surface area contributed by atoms with Gasteiger partial charge in [0.25, 0.3) is 10.1 Å². The van der Waals surface area contributed by atoms with Crippen molar-refractivity contribution in [1.82, 2.24) is 9.97 Å². The second kappa shape index (κ2) is 7.60. The van der Waals surface area contributed by atoms with E-state index in [-0.39, 0.29) is 15.6 Å². The van der Waals surface area contributed by atoms with Crippen molar-refractivity contribution in [3.63, 3.8) is 0 Å². The predicted molar refractivity (Wildman–Crippen MR) is 88.8 cm³/mol. The van der Waals surface area contributed by atoms with Gasteiger partial charge in [0.1, 0.15) is 5.82 Å². The maximum atomic E-state index is 13.0. The van der Waals surface area contributed by atoms with Crippen LogP contribution in [0, 0.1) is 0 Å². The third kappa shape index (κ3) is 6.20. The minimum atomic E-state index is -4.76. The number of alkyl halides is 3. The van der Waals surface area contributed by atoms with E-state index in [0.717, 1.165) is 0 Å². The standard InChI is InChI=1S/C11H7Cl2F3N4.CH4O3S/c12-5-3-1-2-4(7(5)13)6-8(11(14,15)16)19-10(18)20-9(6)17;1-5(2,3)4/h1-3H,(H4,17,18,19,20);1H3,(H,2,3,4). The van der Waals surface area contributed by atoms with Crippen LogP contribution in [0.4, 0.5) is 24.9 Å². The molecule has 5 N–H and O–H groups in total. The summed E-state index contributed by atoms with van der Waals surface area (Å²) >= 11 is 11.7. The summed E-state index contributed by atoms with van der Waals surface area (Å²) in [4.78, 5) is 6.75. The van der Waals surface area contributed by atoms with Crippen molar-refractivity contribution in [3.8, 4) is 11.1 Å². The minimum Gasteiger partial charge on any atom is -0.383 e. The molecular formula is C12H11Cl2F3N4O3S. The summed E-state index contributed by atoms with van der Waals surface area (Å²) in [5.41, 5.74) is 9.03. The van der Waals surface area contributed by atoms with Crippen molar-refractivity contribution in [3.05, 3.63) is 33.9 Å². The molecule has 0 spiro atoms. The monoisotopic (exact) mass is 418 g/mol. The maximum Gasteiger partial charge on any atom is 0.434 e. The van der Waals surface area contributed by atoms with E-state index >= 15 is 0 Å². The number of halogens is 5. The molecule has 0 radical (unpaired) electrons. The average molecular weight is 419 g/mol. The van der Waals surface area contributed by atoms with Crippen LogP contribution < -0.4 is 11.5 Å². The molecule has 0 atom stereocenters. The molecule has 0 aliphatic heterocycles. The molecular weight excluding hydrogens is 408 g/mol. The smallest absolute Gasteiger partial charge is 0.383 e. The first-order valence-electron chi connectivity index (χ1n) is 6.08. The van der Waals surface area contributed by atoms with Gasteiger partial charge in [0.05, 0.1) is 21.9 Å². The SMILES string of the molecule is CS(=O)(=O)O.Nc1nc(N)c(-c2cccc(Cl)c2Cl)c(C(F)(F)F)n1. The van der Waals surface area contributed by atoms with Gasteiger partial charge in [-0.05, 0) is 6.07 Å². The van der Waals surface area contributed by atoms with E-state index in [1.165, 1.54) is 18.2 Å². The molecule has 0 saturated carbocycles. The molecule has 0 aliphatic rings.